The summed E-state index contributed by atoms with van der Waals surface area (Å²) < 4.78 is 10.9. The molecule has 2 aliphatic heterocycles. The van der Waals surface area contributed by atoms with Crippen molar-refractivity contribution >= 4 is 23.1 Å². The number of ether oxygens (including phenoxy) is 2. The maximum atomic E-state index is 6.41. The third-order valence-electron chi connectivity index (χ3n) is 5.54. The van der Waals surface area contributed by atoms with Gasteiger partial charge in [0.2, 0.25) is 6.79 Å². The predicted molar refractivity (Wildman–Crippen MR) is 119 cm³/mol. The Morgan fingerprint density at radius 2 is 1.84 bits per heavy atom. The Balaban J connectivity index is 1.22. The second-order valence-electron chi connectivity index (χ2n) is 7.76. The summed E-state index contributed by atoms with van der Waals surface area (Å²) in [7, 11) is 0. The fourth-order valence-corrected chi connectivity index (χ4v) is 3.82. The molecule has 0 amide bonds. The van der Waals surface area contributed by atoms with Gasteiger partial charge in [-0.05, 0) is 36.2 Å². The highest BCUT2D eigenvalue weighted by atomic mass is 16.7. The monoisotopic (exact) mass is 419 g/mol. The van der Waals surface area contributed by atoms with Gasteiger partial charge in [-0.15, -0.1) is 0 Å². The number of fused-ring (bicyclic) bond motifs is 1. The van der Waals surface area contributed by atoms with Crippen molar-refractivity contribution in [2.75, 3.05) is 48.9 Å². The molecule has 0 saturated carbocycles. The smallest absolute Gasteiger partial charge is 0.231 e. The molecule has 2 aliphatic rings. The number of anilines is 4. The molecule has 1 aromatic carbocycles. The summed E-state index contributed by atoms with van der Waals surface area (Å²) in [5.41, 5.74) is 9.26. The van der Waals surface area contributed by atoms with Crippen LogP contribution >= 0.6 is 0 Å². The number of hydrogen-bond acceptors (Lipinski definition) is 9. The number of aryl methyl sites for hydroxylation is 1. The number of benzene rings is 1. The lowest BCUT2D eigenvalue weighted by atomic mass is 10.1. The predicted octanol–water partition coefficient (Wildman–Crippen LogP) is 2.56. The average molecular weight is 419 g/mol. The molecular formula is C22H25N7O2. The molecule has 3 N–H and O–H groups in total. The molecule has 31 heavy (non-hydrogen) atoms. The first kappa shape index (κ1) is 19.4. The lowest BCUT2D eigenvalue weighted by molar-refractivity contribution is 0.174. The van der Waals surface area contributed by atoms with Crippen LogP contribution in [0.5, 0.6) is 11.5 Å². The highest BCUT2D eigenvalue weighted by Gasteiger charge is 2.22. The van der Waals surface area contributed by atoms with Crippen molar-refractivity contribution < 1.29 is 9.47 Å². The molecule has 4 heterocycles. The molecule has 2 aromatic heterocycles. The van der Waals surface area contributed by atoms with Gasteiger partial charge in [-0.3, -0.25) is 4.90 Å². The summed E-state index contributed by atoms with van der Waals surface area (Å²) in [5.74, 6) is 3.68. The lowest BCUT2D eigenvalue weighted by Gasteiger charge is -2.36. The van der Waals surface area contributed by atoms with E-state index in [1.807, 2.05) is 25.1 Å². The van der Waals surface area contributed by atoms with Crippen LogP contribution in [-0.4, -0.2) is 52.8 Å². The largest absolute Gasteiger partial charge is 0.454 e. The molecule has 1 fully saturated rings. The van der Waals surface area contributed by atoms with Crippen molar-refractivity contribution in [3.63, 3.8) is 0 Å². The number of pyridine rings is 1. The molecule has 0 atom stereocenters. The van der Waals surface area contributed by atoms with Crippen LogP contribution in [0.3, 0.4) is 0 Å². The molecular weight excluding hydrogens is 394 g/mol. The summed E-state index contributed by atoms with van der Waals surface area (Å²) in [5, 5.41) is 3.19. The van der Waals surface area contributed by atoms with E-state index in [1.165, 1.54) is 5.56 Å². The van der Waals surface area contributed by atoms with Gasteiger partial charge in [-0.1, -0.05) is 12.1 Å². The van der Waals surface area contributed by atoms with Crippen LogP contribution in [0.2, 0.25) is 0 Å². The van der Waals surface area contributed by atoms with Crippen LogP contribution < -0.4 is 25.4 Å². The van der Waals surface area contributed by atoms with E-state index < -0.39 is 0 Å². The Morgan fingerprint density at radius 1 is 1.00 bits per heavy atom. The van der Waals surface area contributed by atoms with Crippen molar-refractivity contribution in [1.29, 1.82) is 0 Å². The molecule has 1 saturated heterocycles. The first-order valence-electron chi connectivity index (χ1n) is 10.3. The number of nitrogens with two attached hydrogens (primary N) is 1. The standard InChI is InChI=1S/C22H25N7O2/c1-15-2-5-19(24-11-15)27-21-20(23)22(26-13-25-21)29-8-6-28(7-9-29)12-16-3-4-17-18(10-16)31-14-30-17/h2-5,10-11,13H,6-9,12,14,23H2,1H3,(H,24,25,26,27). The Labute approximate surface area is 180 Å². The van der Waals surface area contributed by atoms with Crippen molar-refractivity contribution in [1.82, 2.24) is 19.9 Å². The molecule has 0 spiro atoms. The van der Waals surface area contributed by atoms with Gasteiger partial charge in [-0.2, -0.15) is 0 Å². The van der Waals surface area contributed by atoms with Crippen molar-refractivity contribution in [3.05, 3.63) is 54.0 Å². The minimum atomic E-state index is 0.300. The third-order valence-corrected chi connectivity index (χ3v) is 5.54. The average Bonchev–Trinajstić information content (AvgIpc) is 3.25. The molecule has 3 aromatic rings. The minimum Gasteiger partial charge on any atom is -0.454 e. The molecule has 9 nitrogen and oxygen atoms in total. The fourth-order valence-electron chi connectivity index (χ4n) is 3.82. The van der Waals surface area contributed by atoms with Crippen LogP contribution in [0.4, 0.5) is 23.1 Å². The van der Waals surface area contributed by atoms with Crippen LogP contribution in [0.15, 0.2) is 42.9 Å². The van der Waals surface area contributed by atoms with E-state index in [0.29, 0.717) is 24.1 Å². The first-order chi connectivity index (χ1) is 15.2. The second-order valence-corrected chi connectivity index (χ2v) is 7.76. The van der Waals surface area contributed by atoms with Gasteiger partial charge < -0.3 is 25.4 Å². The van der Waals surface area contributed by atoms with Gasteiger partial charge in [0.05, 0.1) is 0 Å². The van der Waals surface area contributed by atoms with Gasteiger partial charge in [-0.25, -0.2) is 15.0 Å². The van der Waals surface area contributed by atoms with Crippen LogP contribution in [-0.2, 0) is 6.54 Å². The van der Waals surface area contributed by atoms with Gasteiger partial charge in [0.1, 0.15) is 17.8 Å². The number of aromatic nitrogens is 3. The van der Waals surface area contributed by atoms with Gasteiger partial charge in [0.25, 0.3) is 0 Å². The first-order valence-corrected chi connectivity index (χ1v) is 10.3. The van der Waals surface area contributed by atoms with E-state index in [2.05, 4.69) is 42.2 Å². The molecule has 0 unspecified atom stereocenters. The minimum absolute atomic E-state index is 0.300. The van der Waals surface area contributed by atoms with E-state index in [1.54, 1.807) is 12.5 Å². The zero-order valence-electron chi connectivity index (χ0n) is 17.4. The van der Waals surface area contributed by atoms with Gasteiger partial charge in [0, 0.05) is 38.9 Å². The fraction of sp³-hybridized carbons (Fsp3) is 0.318. The van der Waals surface area contributed by atoms with E-state index in [-0.39, 0.29) is 0 Å². The van der Waals surface area contributed by atoms with E-state index in [4.69, 9.17) is 15.2 Å². The van der Waals surface area contributed by atoms with E-state index >= 15 is 0 Å². The molecule has 9 heteroatoms. The molecule has 0 radical (unpaired) electrons. The van der Waals surface area contributed by atoms with Crippen LogP contribution in [0, 0.1) is 6.92 Å². The maximum Gasteiger partial charge on any atom is 0.231 e. The Bertz CT molecular complexity index is 1070. The highest BCUT2D eigenvalue weighted by molar-refractivity contribution is 5.77. The molecule has 0 aliphatic carbocycles. The lowest BCUT2D eigenvalue weighted by Crippen LogP contribution is -2.46. The van der Waals surface area contributed by atoms with Gasteiger partial charge >= 0.3 is 0 Å². The third kappa shape index (κ3) is 4.17. The SMILES string of the molecule is Cc1ccc(Nc2ncnc(N3CCN(Cc4ccc5c(c4)OCO5)CC3)c2N)nc1. The summed E-state index contributed by atoms with van der Waals surface area (Å²) in [6, 6.07) is 10.0. The quantitative estimate of drug-likeness (QED) is 0.646. The summed E-state index contributed by atoms with van der Waals surface area (Å²) in [4.78, 5) is 17.7. The van der Waals surface area contributed by atoms with Crippen molar-refractivity contribution in [2.45, 2.75) is 13.5 Å². The van der Waals surface area contributed by atoms with Crippen LogP contribution in [0.25, 0.3) is 0 Å². The normalized spacial score (nSPS) is 15.8. The number of rotatable bonds is 5. The number of piperazine rings is 1. The molecule has 5 rings (SSSR count). The Kier molecular flexibility index (Phi) is 5.17. The topological polar surface area (TPSA) is 102 Å². The van der Waals surface area contributed by atoms with Crippen LogP contribution in [0.1, 0.15) is 11.1 Å². The summed E-state index contributed by atoms with van der Waals surface area (Å²) in [6.45, 7) is 6.69. The number of nitrogens with one attached hydrogen (secondary N) is 1. The van der Waals surface area contributed by atoms with Gasteiger partial charge in [0.15, 0.2) is 23.1 Å². The Hall–Kier alpha value is -3.59. The van der Waals surface area contributed by atoms with Crippen molar-refractivity contribution in [2.24, 2.45) is 0 Å². The number of nitrogen functional groups attached to an aromatic ring is 1. The molecule has 160 valence electrons. The van der Waals surface area contributed by atoms with Crippen molar-refractivity contribution in [3.8, 4) is 11.5 Å². The number of nitrogens with zero attached hydrogens (tertiary/aromatic N) is 5. The van der Waals surface area contributed by atoms with E-state index in [0.717, 1.165) is 55.6 Å². The summed E-state index contributed by atoms with van der Waals surface area (Å²) in [6.07, 6.45) is 3.35. The molecule has 0 bridgehead atoms. The second kappa shape index (κ2) is 8.27. The summed E-state index contributed by atoms with van der Waals surface area (Å²) >= 11 is 0. The zero-order chi connectivity index (χ0) is 21.2. The van der Waals surface area contributed by atoms with E-state index in [9.17, 15) is 0 Å². The number of hydrogen-bond donors (Lipinski definition) is 2. The Morgan fingerprint density at radius 3 is 2.65 bits per heavy atom. The maximum absolute atomic E-state index is 6.41. The highest BCUT2D eigenvalue weighted by Crippen LogP contribution is 2.33. The zero-order valence-corrected chi connectivity index (χ0v) is 17.4.